The maximum Gasteiger partial charge on any atom is 0.416 e. The topological polar surface area (TPSA) is 78.3 Å². The SMILES string of the molecule is CNS(=O)c1cnc(Oc2ccc(C(F)(F)F)cc2)c(-c2cn3c(n2)OC(C)C3)c1. The molecule has 0 aliphatic carbocycles. The molecule has 1 N–H and O–H groups in total. The van der Waals surface area contributed by atoms with Crippen molar-refractivity contribution >= 4 is 11.0 Å². The first-order chi connectivity index (χ1) is 14.2. The summed E-state index contributed by atoms with van der Waals surface area (Å²) >= 11 is 0. The van der Waals surface area contributed by atoms with Crippen LogP contribution in [0.3, 0.4) is 0 Å². The largest absolute Gasteiger partial charge is 0.460 e. The average molecular weight is 438 g/mol. The van der Waals surface area contributed by atoms with Crippen LogP contribution in [-0.2, 0) is 23.7 Å². The van der Waals surface area contributed by atoms with Crippen molar-refractivity contribution in [2.24, 2.45) is 0 Å². The average Bonchev–Trinajstić information content (AvgIpc) is 3.24. The summed E-state index contributed by atoms with van der Waals surface area (Å²) in [6, 6.07) is 6.34. The lowest BCUT2D eigenvalue weighted by molar-refractivity contribution is -0.137. The zero-order valence-electron chi connectivity index (χ0n) is 15.9. The first kappa shape index (κ1) is 20.4. The third-order valence-electron chi connectivity index (χ3n) is 4.40. The first-order valence-electron chi connectivity index (χ1n) is 8.93. The van der Waals surface area contributed by atoms with Gasteiger partial charge in [-0.1, -0.05) is 0 Å². The van der Waals surface area contributed by atoms with Crippen molar-refractivity contribution in [3.8, 4) is 28.9 Å². The van der Waals surface area contributed by atoms with E-state index in [-0.39, 0.29) is 17.7 Å². The normalized spacial score (nSPS) is 16.8. The molecule has 0 bridgehead atoms. The van der Waals surface area contributed by atoms with Gasteiger partial charge in [0.2, 0.25) is 5.88 Å². The quantitative estimate of drug-likeness (QED) is 0.656. The molecule has 0 saturated carbocycles. The predicted octanol–water partition coefficient (Wildman–Crippen LogP) is 3.78. The van der Waals surface area contributed by atoms with Crippen molar-refractivity contribution in [2.45, 2.75) is 30.6 Å². The summed E-state index contributed by atoms with van der Waals surface area (Å²) in [5.41, 5.74) is 0.148. The summed E-state index contributed by atoms with van der Waals surface area (Å²) in [7, 11) is 0.0512. The number of alkyl halides is 3. The number of rotatable bonds is 5. The summed E-state index contributed by atoms with van der Waals surface area (Å²) in [4.78, 5) is 9.06. The molecule has 2 unspecified atom stereocenters. The van der Waals surface area contributed by atoms with Crippen molar-refractivity contribution in [2.75, 3.05) is 7.05 Å². The molecule has 4 rings (SSSR count). The lowest BCUT2D eigenvalue weighted by Crippen LogP contribution is -2.11. The first-order valence-corrected chi connectivity index (χ1v) is 10.1. The molecule has 0 fully saturated rings. The number of benzene rings is 1. The van der Waals surface area contributed by atoms with Gasteiger partial charge in [0.25, 0.3) is 6.01 Å². The number of halogens is 3. The fourth-order valence-corrected chi connectivity index (χ4v) is 3.60. The molecule has 3 aromatic rings. The highest BCUT2D eigenvalue weighted by Gasteiger charge is 2.30. The number of nitrogens with one attached hydrogen (secondary N) is 1. The Balaban J connectivity index is 1.70. The van der Waals surface area contributed by atoms with E-state index in [1.807, 2.05) is 11.5 Å². The molecule has 1 aliphatic rings. The highest BCUT2D eigenvalue weighted by atomic mass is 32.2. The van der Waals surface area contributed by atoms with Gasteiger partial charge in [0.1, 0.15) is 22.8 Å². The van der Waals surface area contributed by atoms with E-state index in [0.29, 0.717) is 28.7 Å². The molecule has 1 aliphatic heterocycles. The standard InChI is InChI=1S/C19H17F3N4O3S/c1-11-9-26-10-16(25-18(26)28-11)15-7-14(30(27)23-2)8-24-17(15)29-13-5-3-12(4-6-13)19(20,21)22/h3-8,10-11,23H,9H2,1-2H3. The Labute approximate surface area is 172 Å². The molecule has 0 spiro atoms. The van der Waals surface area contributed by atoms with Crippen LogP contribution in [0, 0.1) is 0 Å². The molecule has 7 nitrogen and oxygen atoms in total. The van der Waals surface area contributed by atoms with Crippen molar-refractivity contribution in [3.05, 3.63) is 48.3 Å². The molecule has 2 aromatic heterocycles. The van der Waals surface area contributed by atoms with Crippen LogP contribution in [-0.4, -0.2) is 31.9 Å². The van der Waals surface area contributed by atoms with Crippen LogP contribution in [0.15, 0.2) is 47.6 Å². The van der Waals surface area contributed by atoms with Gasteiger partial charge in [-0.05, 0) is 44.3 Å². The summed E-state index contributed by atoms with van der Waals surface area (Å²) in [6.45, 7) is 2.55. The van der Waals surface area contributed by atoms with Gasteiger partial charge < -0.3 is 9.47 Å². The van der Waals surface area contributed by atoms with Crippen molar-refractivity contribution in [1.29, 1.82) is 0 Å². The van der Waals surface area contributed by atoms with Gasteiger partial charge in [0.15, 0.2) is 0 Å². The number of aromatic nitrogens is 3. The minimum atomic E-state index is -4.44. The lowest BCUT2D eigenvalue weighted by Gasteiger charge is -2.12. The van der Waals surface area contributed by atoms with E-state index >= 15 is 0 Å². The van der Waals surface area contributed by atoms with E-state index in [2.05, 4.69) is 14.7 Å². The van der Waals surface area contributed by atoms with E-state index in [1.165, 1.54) is 18.3 Å². The van der Waals surface area contributed by atoms with Gasteiger partial charge in [-0.15, -0.1) is 0 Å². The number of ether oxygens (including phenoxy) is 2. The van der Waals surface area contributed by atoms with Crippen molar-refractivity contribution < 1.29 is 26.9 Å². The zero-order valence-corrected chi connectivity index (χ0v) is 16.8. The monoisotopic (exact) mass is 438 g/mol. The maximum atomic E-state index is 12.8. The van der Waals surface area contributed by atoms with Crippen LogP contribution in [0.4, 0.5) is 13.2 Å². The molecule has 158 valence electrons. The number of fused-ring (bicyclic) bond motifs is 1. The second-order valence-electron chi connectivity index (χ2n) is 6.61. The van der Waals surface area contributed by atoms with Crippen molar-refractivity contribution in [1.82, 2.24) is 19.3 Å². The molecular formula is C19H17F3N4O3S. The maximum absolute atomic E-state index is 12.8. The van der Waals surface area contributed by atoms with E-state index in [9.17, 15) is 17.4 Å². The summed E-state index contributed by atoms with van der Waals surface area (Å²) in [5.74, 6) is 0.298. The van der Waals surface area contributed by atoms with E-state index in [4.69, 9.17) is 9.47 Å². The molecular weight excluding hydrogens is 421 g/mol. The Morgan fingerprint density at radius 1 is 1.30 bits per heavy atom. The molecule has 3 heterocycles. The Kier molecular flexibility index (Phi) is 5.24. The fraction of sp³-hybridized carbons (Fsp3) is 0.263. The molecule has 2 atom stereocenters. The Bertz CT molecular complexity index is 1080. The number of hydrogen-bond acceptors (Lipinski definition) is 5. The summed E-state index contributed by atoms with van der Waals surface area (Å²) < 4.78 is 66.3. The molecule has 0 radical (unpaired) electrons. The van der Waals surface area contributed by atoms with Gasteiger partial charge in [-0.25, -0.2) is 13.9 Å². The van der Waals surface area contributed by atoms with Gasteiger partial charge in [0, 0.05) is 12.4 Å². The van der Waals surface area contributed by atoms with E-state index in [1.54, 1.807) is 19.3 Å². The summed E-state index contributed by atoms with van der Waals surface area (Å²) in [5, 5.41) is 0. The lowest BCUT2D eigenvalue weighted by atomic mass is 10.2. The van der Waals surface area contributed by atoms with Crippen LogP contribution in [0.25, 0.3) is 11.3 Å². The van der Waals surface area contributed by atoms with Gasteiger partial charge in [-0.3, -0.25) is 4.57 Å². The Morgan fingerprint density at radius 2 is 2.03 bits per heavy atom. The molecule has 0 saturated heterocycles. The third kappa shape index (κ3) is 4.03. The molecule has 1 aromatic carbocycles. The minimum Gasteiger partial charge on any atom is -0.460 e. The molecule has 11 heteroatoms. The van der Waals surface area contributed by atoms with Crippen LogP contribution >= 0.6 is 0 Å². The second-order valence-corrected chi connectivity index (χ2v) is 8.03. The van der Waals surface area contributed by atoms with Crippen LogP contribution in [0.5, 0.6) is 17.6 Å². The highest BCUT2D eigenvalue weighted by molar-refractivity contribution is 7.83. The number of pyridine rings is 1. The Morgan fingerprint density at radius 3 is 2.67 bits per heavy atom. The zero-order chi connectivity index (χ0) is 21.5. The van der Waals surface area contributed by atoms with E-state index < -0.39 is 22.7 Å². The van der Waals surface area contributed by atoms with Crippen LogP contribution in [0.2, 0.25) is 0 Å². The number of hydrogen-bond donors (Lipinski definition) is 1. The predicted molar refractivity (Wildman–Crippen MR) is 103 cm³/mol. The van der Waals surface area contributed by atoms with Crippen LogP contribution < -0.4 is 14.2 Å². The van der Waals surface area contributed by atoms with Gasteiger partial charge >= 0.3 is 6.18 Å². The minimum absolute atomic E-state index is 0.00525. The van der Waals surface area contributed by atoms with Crippen molar-refractivity contribution in [3.63, 3.8) is 0 Å². The summed E-state index contributed by atoms with van der Waals surface area (Å²) in [6.07, 6.45) is -1.29. The van der Waals surface area contributed by atoms with Gasteiger partial charge in [-0.2, -0.15) is 18.2 Å². The highest BCUT2D eigenvalue weighted by Crippen LogP contribution is 2.36. The fourth-order valence-electron chi connectivity index (χ4n) is 2.99. The van der Waals surface area contributed by atoms with E-state index in [0.717, 1.165) is 12.1 Å². The van der Waals surface area contributed by atoms with Crippen LogP contribution in [0.1, 0.15) is 12.5 Å². The smallest absolute Gasteiger partial charge is 0.416 e. The second kappa shape index (κ2) is 7.73. The van der Waals surface area contributed by atoms with Gasteiger partial charge in [0.05, 0.1) is 28.3 Å². The molecule has 30 heavy (non-hydrogen) atoms. The number of nitrogens with zero attached hydrogens (tertiary/aromatic N) is 3. The molecule has 0 amide bonds. The number of imidazole rings is 1. The Hall–Kier alpha value is -2.92. The third-order valence-corrected chi connectivity index (χ3v) is 5.42.